The normalized spacial score (nSPS) is 11.7. The molecule has 0 aromatic carbocycles. The number of aromatic carboxylic acids is 1. The van der Waals surface area contributed by atoms with E-state index in [9.17, 15) is 13.2 Å². The van der Waals surface area contributed by atoms with Gasteiger partial charge in [0, 0.05) is 13.7 Å². The fourth-order valence-electron chi connectivity index (χ4n) is 1.54. The van der Waals surface area contributed by atoms with Gasteiger partial charge < -0.3 is 14.3 Å². The molecule has 0 aliphatic carbocycles. The van der Waals surface area contributed by atoms with Crippen molar-refractivity contribution in [3.05, 3.63) is 23.2 Å². The first-order valence-corrected chi connectivity index (χ1v) is 7.20. The monoisotopic (exact) mass is 276 g/mol. The summed E-state index contributed by atoms with van der Waals surface area (Å²) in [6.45, 7) is 1.86. The maximum atomic E-state index is 11.7. The number of carboxylic acid groups (broad SMARTS) is 1. The van der Waals surface area contributed by atoms with Gasteiger partial charge in [0.15, 0.2) is 9.84 Å². The van der Waals surface area contributed by atoms with Crippen molar-refractivity contribution < 1.29 is 27.5 Å². The van der Waals surface area contributed by atoms with E-state index in [1.165, 1.54) is 20.1 Å². The lowest BCUT2D eigenvalue weighted by molar-refractivity contribution is 0.0695. The SMILES string of the molecule is COCCCS(=O)(=O)Cc1cc(C(=O)O)c(C)o1. The highest BCUT2D eigenvalue weighted by molar-refractivity contribution is 7.90. The van der Waals surface area contributed by atoms with E-state index in [0.29, 0.717) is 13.0 Å². The van der Waals surface area contributed by atoms with Gasteiger partial charge in [-0.05, 0) is 19.4 Å². The second kappa shape index (κ2) is 6.01. The number of methoxy groups -OCH3 is 1. The Labute approximate surface area is 105 Å². The van der Waals surface area contributed by atoms with E-state index >= 15 is 0 Å². The van der Waals surface area contributed by atoms with Crippen LogP contribution in [0.3, 0.4) is 0 Å². The Kier molecular flexibility index (Phi) is 4.92. The van der Waals surface area contributed by atoms with E-state index < -0.39 is 15.8 Å². The largest absolute Gasteiger partial charge is 0.478 e. The van der Waals surface area contributed by atoms with Crippen molar-refractivity contribution in [1.29, 1.82) is 0 Å². The molecule has 1 aromatic heterocycles. The van der Waals surface area contributed by atoms with Crippen molar-refractivity contribution in [2.75, 3.05) is 19.5 Å². The van der Waals surface area contributed by atoms with Crippen LogP contribution in [0.5, 0.6) is 0 Å². The van der Waals surface area contributed by atoms with Crippen LogP contribution in [0, 0.1) is 6.92 Å². The van der Waals surface area contributed by atoms with E-state index in [2.05, 4.69) is 0 Å². The number of carboxylic acids is 1. The third-order valence-electron chi connectivity index (χ3n) is 2.37. The molecule has 0 unspecified atom stereocenters. The predicted molar refractivity (Wildman–Crippen MR) is 64.4 cm³/mol. The molecule has 0 radical (unpaired) electrons. The zero-order chi connectivity index (χ0) is 13.8. The van der Waals surface area contributed by atoms with Crippen LogP contribution >= 0.6 is 0 Å². The van der Waals surface area contributed by atoms with E-state index in [-0.39, 0.29) is 28.6 Å². The Morgan fingerprint density at radius 1 is 1.50 bits per heavy atom. The summed E-state index contributed by atoms with van der Waals surface area (Å²) in [5.74, 6) is -1.06. The summed E-state index contributed by atoms with van der Waals surface area (Å²) in [4.78, 5) is 10.8. The van der Waals surface area contributed by atoms with Crippen molar-refractivity contribution in [3.8, 4) is 0 Å². The molecule has 0 bridgehead atoms. The van der Waals surface area contributed by atoms with E-state index in [1.54, 1.807) is 0 Å². The molecule has 1 rings (SSSR count). The Morgan fingerprint density at radius 2 is 2.17 bits per heavy atom. The zero-order valence-electron chi connectivity index (χ0n) is 10.3. The maximum Gasteiger partial charge on any atom is 0.339 e. The molecule has 0 spiro atoms. The number of furan rings is 1. The average molecular weight is 276 g/mol. The summed E-state index contributed by atoms with van der Waals surface area (Å²) in [7, 11) is -1.80. The van der Waals surface area contributed by atoms with Gasteiger partial charge in [-0.2, -0.15) is 0 Å². The number of aryl methyl sites for hydroxylation is 1. The number of carbonyl (C=O) groups is 1. The molecule has 0 aliphatic heterocycles. The smallest absolute Gasteiger partial charge is 0.339 e. The van der Waals surface area contributed by atoms with Gasteiger partial charge in [-0.15, -0.1) is 0 Å². The highest BCUT2D eigenvalue weighted by Crippen LogP contribution is 2.17. The summed E-state index contributed by atoms with van der Waals surface area (Å²) in [5, 5.41) is 8.82. The van der Waals surface area contributed by atoms with Gasteiger partial charge >= 0.3 is 5.97 Å². The van der Waals surface area contributed by atoms with Gasteiger partial charge in [0.25, 0.3) is 0 Å². The van der Waals surface area contributed by atoms with Gasteiger partial charge in [0.2, 0.25) is 0 Å². The highest BCUT2D eigenvalue weighted by Gasteiger charge is 2.19. The molecule has 0 atom stereocenters. The predicted octanol–water partition coefficient (Wildman–Crippen LogP) is 1.24. The molecule has 1 N–H and O–H groups in total. The van der Waals surface area contributed by atoms with Crippen LogP contribution in [0.15, 0.2) is 10.5 Å². The van der Waals surface area contributed by atoms with Crippen molar-refractivity contribution in [2.45, 2.75) is 19.1 Å². The standard InChI is InChI=1S/C11H16O6S/c1-8-10(11(12)13)6-9(17-8)7-18(14,15)5-3-4-16-2/h6H,3-5,7H2,1-2H3,(H,12,13). The van der Waals surface area contributed by atoms with Gasteiger partial charge in [0.05, 0.1) is 5.75 Å². The Bertz CT molecular complexity index is 514. The van der Waals surface area contributed by atoms with Crippen LogP contribution in [-0.4, -0.2) is 39.0 Å². The summed E-state index contributed by atoms with van der Waals surface area (Å²) in [6.07, 6.45) is 0.407. The molecular formula is C11H16O6S. The van der Waals surface area contributed by atoms with Crippen LogP contribution in [-0.2, 0) is 20.3 Å². The molecule has 0 amide bonds. The molecule has 6 nitrogen and oxygen atoms in total. The third-order valence-corrected chi connectivity index (χ3v) is 4.00. The number of sulfone groups is 1. The number of hydrogen-bond donors (Lipinski definition) is 1. The summed E-state index contributed by atoms with van der Waals surface area (Å²) >= 11 is 0. The van der Waals surface area contributed by atoms with E-state index in [1.807, 2.05) is 0 Å². The second-order valence-electron chi connectivity index (χ2n) is 3.93. The summed E-state index contributed by atoms with van der Waals surface area (Å²) in [5.41, 5.74) is -0.00269. The van der Waals surface area contributed by atoms with Gasteiger partial charge in [-0.3, -0.25) is 0 Å². The van der Waals surface area contributed by atoms with Crippen molar-refractivity contribution >= 4 is 15.8 Å². The van der Waals surface area contributed by atoms with Crippen molar-refractivity contribution in [1.82, 2.24) is 0 Å². The average Bonchev–Trinajstić information content (AvgIpc) is 2.58. The molecule has 0 saturated heterocycles. The lowest BCUT2D eigenvalue weighted by Gasteiger charge is -2.01. The molecule has 0 saturated carbocycles. The van der Waals surface area contributed by atoms with E-state index in [0.717, 1.165) is 0 Å². The van der Waals surface area contributed by atoms with Crippen molar-refractivity contribution in [3.63, 3.8) is 0 Å². The molecule has 1 heterocycles. The first-order chi connectivity index (χ1) is 8.35. The lowest BCUT2D eigenvalue weighted by atomic mass is 10.2. The fourth-order valence-corrected chi connectivity index (χ4v) is 2.82. The topological polar surface area (TPSA) is 93.8 Å². The summed E-state index contributed by atoms with van der Waals surface area (Å²) in [6, 6.07) is 1.26. The number of rotatable bonds is 7. The minimum atomic E-state index is -3.30. The Balaban J connectivity index is 2.72. The number of ether oxygens (including phenoxy) is 1. The molecule has 0 fully saturated rings. The molecule has 1 aromatic rings. The second-order valence-corrected chi connectivity index (χ2v) is 6.11. The maximum absolute atomic E-state index is 11.7. The van der Waals surface area contributed by atoms with Crippen LogP contribution in [0.25, 0.3) is 0 Å². The quantitative estimate of drug-likeness (QED) is 0.753. The van der Waals surface area contributed by atoms with Crippen molar-refractivity contribution in [2.24, 2.45) is 0 Å². The Hall–Kier alpha value is -1.34. The van der Waals surface area contributed by atoms with Gasteiger partial charge in [-0.1, -0.05) is 0 Å². The molecule has 18 heavy (non-hydrogen) atoms. The lowest BCUT2D eigenvalue weighted by Crippen LogP contribution is -2.10. The number of hydrogen-bond acceptors (Lipinski definition) is 5. The highest BCUT2D eigenvalue weighted by atomic mass is 32.2. The third kappa shape index (κ3) is 4.15. The first-order valence-electron chi connectivity index (χ1n) is 5.37. The Morgan fingerprint density at radius 3 is 2.67 bits per heavy atom. The minimum absolute atomic E-state index is 0.00269. The van der Waals surface area contributed by atoms with E-state index in [4.69, 9.17) is 14.3 Å². The first kappa shape index (κ1) is 14.7. The van der Waals surface area contributed by atoms with Gasteiger partial charge in [-0.25, -0.2) is 13.2 Å². The zero-order valence-corrected chi connectivity index (χ0v) is 11.1. The molecule has 102 valence electrons. The minimum Gasteiger partial charge on any atom is -0.478 e. The molecular weight excluding hydrogens is 260 g/mol. The van der Waals surface area contributed by atoms with Crippen LogP contribution < -0.4 is 0 Å². The van der Waals surface area contributed by atoms with Crippen LogP contribution in [0.2, 0.25) is 0 Å². The molecule has 7 heteroatoms. The summed E-state index contributed by atoms with van der Waals surface area (Å²) < 4.78 is 33.3. The molecule has 0 aliphatic rings. The van der Waals surface area contributed by atoms with Gasteiger partial charge in [0.1, 0.15) is 22.8 Å². The fraction of sp³-hybridized carbons (Fsp3) is 0.545. The van der Waals surface area contributed by atoms with Crippen LogP contribution in [0.1, 0.15) is 28.3 Å². The van der Waals surface area contributed by atoms with Crippen LogP contribution in [0.4, 0.5) is 0 Å².